The van der Waals surface area contributed by atoms with Crippen LogP contribution in [0.15, 0.2) is 0 Å². The van der Waals surface area contributed by atoms with E-state index in [1.165, 1.54) is 19.3 Å². The van der Waals surface area contributed by atoms with Crippen molar-refractivity contribution in [3.8, 4) is 0 Å². The zero-order valence-corrected chi connectivity index (χ0v) is 13.0. The van der Waals surface area contributed by atoms with E-state index in [1.54, 1.807) is 0 Å². The summed E-state index contributed by atoms with van der Waals surface area (Å²) >= 11 is 0. The molecule has 0 spiro atoms. The number of nitrogens with one attached hydrogen (secondary N) is 1. The fourth-order valence-corrected chi connectivity index (χ4v) is 2.10. The minimum atomic E-state index is -0.574. The molecule has 0 saturated heterocycles. The number of hydrogen-bond donors (Lipinski definition) is 2. The van der Waals surface area contributed by atoms with E-state index in [0.717, 1.165) is 45.4 Å². The predicted molar refractivity (Wildman–Crippen MR) is 80.1 cm³/mol. The third-order valence-electron chi connectivity index (χ3n) is 3.47. The zero-order valence-electron chi connectivity index (χ0n) is 13.0. The van der Waals surface area contributed by atoms with Crippen LogP contribution >= 0.6 is 0 Å². The van der Waals surface area contributed by atoms with Crippen molar-refractivity contribution in [3.05, 3.63) is 0 Å². The summed E-state index contributed by atoms with van der Waals surface area (Å²) in [5, 5.41) is 3.17. The lowest BCUT2D eigenvalue weighted by Gasteiger charge is -2.26. The van der Waals surface area contributed by atoms with Gasteiger partial charge in [0.15, 0.2) is 0 Å². The van der Waals surface area contributed by atoms with E-state index in [4.69, 9.17) is 10.5 Å². The fraction of sp³-hybridized carbons (Fsp3) is 0.933. The van der Waals surface area contributed by atoms with Gasteiger partial charge in [0.2, 0.25) is 5.91 Å². The van der Waals surface area contributed by atoms with Gasteiger partial charge in [-0.15, -0.1) is 0 Å². The molecule has 0 fully saturated rings. The maximum atomic E-state index is 11.4. The molecular formula is C15H32N2O2. The number of ether oxygens (including phenoxy) is 1. The first-order valence-corrected chi connectivity index (χ1v) is 7.69. The van der Waals surface area contributed by atoms with E-state index in [0.29, 0.717) is 0 Å². The molecule has 1 atom stereocenters. The Morgan fingerprint density at radius 2 is 1.74 bits per heavy atom. The summed E-state index contributed by atoms with van der Waals surface area (Å²) in [4.78, 5) is 11.4. The standard InChI is InChI=1S/C15H32N2O2/c1-4-6-7-9-12-19-13-10-8-11-15(3,14(16)18)17-5-2/h17H,4-13H2,1-3H3,(H2,16,18). The van der Waals surface area contributed by atoms with Gasteiger partial charge in [0, 0.05) is 13.2 Å². The van der Waals surface area contributed by atoms with Crippen molar-refractivity contribution in [2.24, 2.45) is 5.73 Å². The second kappa shape index (κ2) is 11.2. The van der Waals surface area contributed by atoms with Crippen molar-refractivity contribution in [1.82, 2.24) is 5.32 Å². The molecule has 1 unspecified atom stereocenters. The van der Waals surface area contributed by atoms with Crippen LogP contribution in [0.5, 0.6) is 0 Å². The molecule has 0 aromatic heterocycles. The van der Waals surface area contributed by atoms with Gasteiger partial charge in [-0.25, -0.2) is 0 Å². The molecule has 0 bridgehead atoms. The zero-order chi connectivity index (χ0) is 14.6. The molecule has 0 aromatic rings. The van der Waals surface area contributed by atoms with Crippen LogP contribution in [-0.2, 0) is 9.53 Å². The van der Waals surface area contributed by atoms with E-state index in [1.807, 2.05) is 13.8 Å². The highest BCUT2D eigenvalue weighted by Crippen LogP contribution is 2.13. The van der Waals surface area contributed by atoms with Crippen LogP contribution < -0.4 is 11.1 Å². The van der Waals surface area contributed by atoms with Gasteiger partial charge < -0.3 is 15.8 Å². The van der Waals surface area contributed by atoms with Gasteiger partial charge in [-0.3, -0.25) is 4.79 Å². The Labute approximate surface area is 118 Å². The Kier molecular flexibility index (Phi) is 10.9. The van der Waals surface area contributed by atoms with Gasteiger partial charge in [-0.05, 0) is 39.2 Å². The van der Waals surface area contributed by atoms with Crippen LogP contribution in [0.25, 0.3) is 0 Å². The minimum absolute atomic E-state index is 0.269. The van der Waals surface area contributed by atoms with Crippen molar-refractivity contribution in [2.45, 2.75) is 71.3 Å². The number of carbonyl (C=O) groups is 1. The minimum Gasteiger partial charge on any atom is -0.381 e. The van der Waals surface area contributed by atoms with E-state index >= 15 is 0 Å². The molecule has 0 aromatic carbocycles. The van der Waals surface area contributed by atoms with Crippen LogP contribution in [0.4, 0.5) is 0 Å². The second-order valence-corrected chi connectivity index (χ2v) is 5.36. The van der Waals surface area contributed by atoms with E-state index < -0.39 is 5.54 Å². The van der Waals surface area contributed by atoms with Crippen LogP contribution in [-0.4, -0.2) is 31.2 Å². The molecule has 0 saturated carbocycles. The number of unbranched alkanes of at least 4 members (excludes halogenated alkanes) is 4. The molecule has 0 radical (unpaired) electrons. The van der Waals surface area contributed by atoms with Crippen molar-refractivity contribution >= 4 is 5.91 Å². The summed E-state index contributed by atoms with van der Waals surface area (Å²) < 4.78 is 5.58. The first kappa shape index (κ1) is 18.4. The fourth-order valence-electron chi connectivity index (χ4n) is 2.10. The Morgan fingerprint density at radius 3 is 2.26 bits per heavy atom. The normalized spacial score (nSPS) is 14.3. The van der Waals surface area contributed by atoms with Gasteiger partial charge in [0.05, 0.1) is 5.54 Å². The van der Waals surface area contributed by atoms with Gasteiger partial charge >= 0.3 is 0 Å². The highest BCUT2D eigenvalue weighted by Gasteiger charge is 2.28. The van der Waals surface area contributed by atoms with Crippen molar-refractivity contribution in [2.75, 3.05) is 19.8 Å². The quantitative estimate of drug-likeness (QED) is 0.507. The third-order valence-corrected chi connectivity index (χ3v) is 3.47. The van der Waals surface area contributed by atoms with Gasteiger partial charge in [-0.1, -0.05) is 33.1 Å². The number of primary amides is 1. The summed E-state index contributed by atoms with van der Waals surface area (Å²) in [5.74, 6) is -0.269. The molecule has 0 aliphatic carbocycles. The van der Waals surface area contributed by atoms with Crippen LogP contribution in [0.1, 0.15) is 65.7 Å². The van der Waals surface area contributed by atoms with Gasteiger partial charge in [0.1, 0.15) is 0 Å². The van der Waals surface area contributed by atoms with Gasteiger partial charge in [0.25, 0.3) is 0 Å². The Hall–Kier alpha value is -0.610. The summed E-state index contributed by atoms with van der Waals surface area (Å²) in [6.07, 6.45) is 7.69. The molecule has 4 heteroatoms. The number of amides is 1. The van der Waals surface area contributed by atoms with Crippen LogP contribution in [0.3, 0.4) is 0 Å². The average molecular weight is 272 g/mol. The number of likely N-dealkylation sites (N-methyl/N-ethyl adjacent to an activating group) is 1. The molecule has 19 heavy (non-hydrogen) atoms. The summed E-state index contributed by atoms with van der Waals surface area (Å²) in [6, 6.07) is 0. The summed E-state index contributed by atoms with van der Waals surface area (Å²) in [7, 11) is 0. The molecule has 1 amide bonds. The lowest BCUT2D eigenvalue weighted by Crippen LogP contribution is -2.52. The lowest BCUT2D eigenvalue weighted by atomic mass is 9.94. The van der Waals surface area contributed by atoms with Crippen LogP contribution in [0, 0.1) is 0 Å². The lowest BCUT2D eigenvalue weighted by molar-refractivity contribution is -0.124. The third kappa shape index (κ3) is 9.00. The molecular weight excluding hydrogens is 240 g/mol. The monoisotopic (exact) mass is 272 g/mol. The van der Waals surface area contributed by atoms with Crippen molar-refractivity contribution in [1.29, 1.82) is 0 Å². The molecule has 0 heterocycles. The summed E-state index contributed by atoms with van der Waals surface area (Å²) in [6.45, 7) is 8.48. The number of rotatable bonds is 13. The number of hydrogen-bond acceptors (Lipinski definition) is 3. The topological polar surface area (TPSA) is 64.3 Å². The van der Waals surface area contributed by atoms with Crippen LogP contribution in [0.2, 0.25) is 0 Å². The maximum absolute atomic E-state index is 11.4. The highest BCUT2D eigenvalue weighted by molar-refractivity contribution is 5.84. The molecule has 4 nitrogen and oxygen atoms in total. The maximum Gasteiger partial charge on any atom is 0.237 e. The molecule has 3 N–H and O–H groups in total. The molecule has 0 aliphatic heterocycles. The van der Waals surface area contributed by atoms with E-state index in [2.05, 4.69) is 12.2 Å². The average Bonchev–Trinajstić information content (AvgIpc) is 2.37. The smallest absolute Gasteiger partial charge is 0.237 e. The molecule has 0 rings (SSSR count). The second-order valence-electron chi connectivity index (χ2n) is 5.36. The predicted octanol–water partition coefficient (Wildman–Crippen LogP) is 2.61. The largest absolute Gasteiger partial charge is 0.381 e. The Morgan fingerprint density at radius 1 is 1.11 bits per heavy atom. The summed E-state index contributed by atoms with van der Waals surface area (Å²) in [5.41, 5.74) is 4.86. The Balaban J connectivity index is 3.53. The van der Waals surface area contributed by atoms with Crippen molar-refractivity contribution in [3.63, 3.8) is 0 Å². The van der Waals surface area contributed by atoms with Crippen molar-refractivity contribution < 1.29 is 9.53 Å². The first-order chi connectivity index (χ1) is 9.06. The van der Waals surface area contributed by atoms with Gasteiger partial charge in [-0.2, -0.15) is 0 Å². The first-order valence-electron chi connectivity index (χ1n) is 7.69. The highest BCUT2D eigenvalue weighted by atomic mass is 16.5. The Bertz CT molecular complexity index is 234. The van der Waals surface area contributed by atoms with E-state index in [-0.39, 0.29) is 5.91 Å². The number of nitrogens with two attached hydrogens (primary N) is 1. The number of carbonyl (C=O) groups excluding carboxylic acids is 1. The SMILES string of the molecule is CCCCCCOCCCCC(C)(NCC)C(N)=O. The van der Waals surface area contributed by atoms with E-state index in [9.17, 15) is 4.79 Å². The molecule has 0 aliphatic rings. The molecule has 114 valence electrons.